The monoisotopic (exact) mass is 399 g/mol. The van der Waals surface area contributed by atoms with Crippen LogP contribution in [0.4, 0.5) is 5.69 Å². The van der Waals surface area contributed by atoms with E-state index in [1.54, 1.807) is 12.1 Å². The first-order valence-corrected chi connectivity index (χ1v) is 7.79. The van der Waals surface area contributed by atoms with E-state index < -0.39 is 0 Å². The lowest BCUT2D eigenvalue weighted by molar-refractivity contribution is 0.102. The second-order valence-corrected chi connectivity index (χ2v) is 6.43. The van der Waals surface area contributed by atoms with Gasteiger partial charge in [-0.2, -0.15) is 0 Å². The highest BCUT2D eigenvalue weighted by Crippen LogP contribution is 2.21. The van der Waals surface area contributed by atoms with Gasteiger partial charge >= 0.3 is 0 Å². The molecule has 0 atom stereocenters. The van der Waals surface area contributed by atoms with Crippen molar-refractivity contribution in [1.29, 1.82) is 0 Å². The van der Waals surface area contributed by atoms with Gasteiger partial charge in [-0.15, -0.1) is 0 Å². The second kappa shape index (κ2) is 6.59. The van der Waals surface area contributed by atoms with E-state index in [0.717, 1.165) is 9.26 Å². The highest BCUT2D eigenvalue weighted by Gasteiger charge is 2.08. The minimum absolute atomic E-state index is 0.152. The van der Waals surface area contributed by atoms with E-state index in [1.165, 1.54) is 5.56 Å². The van der Waals surface area contributed by atoms with E-state index in [9.17, 15) is 4.79 Å². The van der Waals surface area contributed by atoms with Crippen molar-refractivity contribution in [2.24, 2.45) is 0 Å². The Balaban J connectivity index is 2.12. The van der Waals surface area contributed by atoms with E-state index in [2.05, 4.69) is 41.8 Å². The molecule has 0 heterocycles. The van der Waals surface area contributed by atoms with Crippen LogP contribution in [0.2, 0.25) is 5.02 Å². The van der Waals surface area contributed by atoms with Crippen molar-refractivity contribution in [3.05, 3.63) is 62.2 Å². The summed E-state index contributed by atoms with van der Waals surface area (Å²) in [6.07, 6.45) is 0. The number of rotatable bonds is 3. The molecule has 0 saturated carbocycles. The Morgan fingerprint density at radius 1 is 1.15 bits per heavy atom. The van der Waals surface area contributed by atoms with Gasteiger partial charge in [-0.25, -0.2) is 0 Å². The number of hydrogen-bond acceptors (Lipinski definition) is 1. The summed E-state index contributed by atoms with van der Waals surface area (Å²) in [5.74, 6) is 0.329. The fourth-order valence-electron chi connectivity index (χ4n) is 1.79. The summed E-state index contributed by atoms with van der Waals surface area (Å²) < 4.78 is 0.933. The largest absolute Gasteiger partial charge is 0.322 e. The van der Waals surface area contributed by atoms with Gasteiger partial charge in [-0.3, -0.25) is 4.79 Å². The molecule has 0 aliphatic heterocycles. The summed E-state index contributed by atoms with van der Waals surface area (Å²) in [5, 5.41) is 3.46. The molecule has 0 aromatic heterocycles. The predicted molar refractivity (Wildman–Crippen MR) is 92.7 cm³/mol. The van der Waals surface area contributed by atoms with Gasteiger partial charge in [0.15, 0.2) is 0 Å². The molecule has 0 bridgehead atoms. The lowest BCUT2D eigenvalue weighted by Crippen LogP contribution is -2.11. The number of carbonyl (C=O) groups excluding carboxylic acids is 1. The summed E-state index contributed by atoms with van der Waals surface area (Å²) in [4.78, 5) is 12.1. The fraction of sp³-hybridized carbons (Fsp3) is 0.188. The molecule has 0 spiro atoms. The zero-order chi connectivity index (χ0) is 14.7. The highest BCUT2D eigenvalue weighted by molar-refractivity contribution is 14.1. The van der Waals surface area contributed by atoms with Gasteiger partial charge in [0.1, 0.15) is 0 Å². The molecule has 0 radical (unpaired) electrons. The number of carbonyl (C=O) groups is 1. The third-order valence-electron chi connectivity index (χ3n) is 3.02. The van der Waals surface area contributed by atoms with E-state index in [4.69, 9.17) is 11.6 Å². The minimum atomic E-state index is -0.152. The molecule has 0 unspecified atom stereocenters. The molecule has 0 fully saturated rings. The Morgan fingerprint density at radius 3 is 2.35 bits per heavy atom. The minimum Gasteiger partial charge on any atom is -0.322 e. The maximum atomic E-state index is 12.1. The molecule has 2 aromatic carbocycles. The third-order valence-corrected chi connectivity index (χ3v) is 4.59. The molecular weight excluding hydrogens is 385 g/mol. The van der Waals surface area contributed by atoms with Crippen molar-refractivity contribution in [2.45, 2.75) is 19.8 Å². The molecule has 0 aliphatic rings. The van der Waals surface area contributed by atoms with Crippen molar-refractivity contribution in [3.63, 3.8) is 0 Å². The molecule has 20 heavy (non-hydrogen) atoms. The molecular formula is C16H15ClINO. The molecule has 104 valence electrons. The molecule has 2 rings (SSSR count). The van der Waals surface area contributed by atoms with Crippen molar-refractivity contribution in [2.75, 3.05) is 5.32 Å². The van der Waals surface area contributed by atoms with Crippen LogP contribution in [-0.2, 0) is 0 Å². The average molecular weight is 400 g/mol. The van der Waals surface area contributed by atoms with E-state index >= 15 is 0 Å². The summed E-state index contributed by atoms with van der Waals surface area (Å²) in [7, 11) is 0. The van der Waals surface area contributed by atoms with Crippen LogP contribution in [-0.4, -0.2) is 5.91 Å². The van der Waals surface area contributed by atoms with Gasteiger partial charge in [-0.05, 0) is 64.4 Å². The van der Waals surface area contributed by atoms with E-state index in [1.807, 2.05) is 30.3 Å². The second-order valence-electron chi connectivity index (χ2n) is 4.86. The first-order chi connectivity index (χ1) is 9.47. The summed E-state index contributed by atoms with van der Waals surface area (Å²) in [6.45, 7) is 4.28. The van der Waals surface area contributed by atoms with Gasteiger partial charge in [-0.1, -0.05) is 37.6 Å². The standard InChI is InChI=1S/C16H15ClINO/c1-10(2)11-3-6-13(7-4-11)19-16(20)12-5-8-15(18)14(17)9-12/h3-10H,1-2H3,(H,19,20). The van der Waals surface area contributed by atoms with Crippen molar-refractivity contribution >= 4 is 45.8 Å². The topological polar surface area (TPSA) is 29.1 Å². The van der Waals surface area contributed by atoms with Crippen LogP contribution in [0.15, 0.2) is 42.5 Å². The zero-order valence-corrected chi connectivity index (χ0v) is 14.2. The number of benzene rings is 2. The van der Waals surface area contributed by atoms with Crippen LogP contribution < -0.4 is 5.32 Å². The van der Waals surface area contributed by atoms with Gasteiger partial charge in [0.25, 0.3) is 5.91 Å². The number of nitrogens with one attached hydrogen (secondary N) is 1. The smallest absolute Gasteiger partial charge is 0.255 e. The molecule has 2 aromatic rings. The van der Waals surface area contributed by atoms with Crippen LogP contribution in [0.1, 0.15) is 35.7 Å². The first-order valence-electron chi connectivity index (χ1n) is 6.33. The van der Waals surface area contributed by atoms with Gasteiger partial charge in [0, 0.05) is 14.8 Å². The van der Waals surface area contributed by atoms with Crippen molar-refractivity contribution < 1.29 is 4.79 Å². The Kier molecular flexibility index (Phi) is 5.05. The molecule has 0 aliphatic carbocycles. The molecule has 2 nitrogen and oxygen atoms in total. The summed E-state index contributed by atoms with van der Waals surface area (Å²) >= 11 is 8.16. The third kappa shape index (κ3) is 3.73. The molecule has 4 heteroatoms. The van der Waals surface area contributed by atoms with Crippen LogP contribution in [0.5, 0.6) is 0 Å². The number of amides is 1. The average Bonchev–Trinajstić information content (AvgIpc) is 2.42. The Bertz CT molecular complexity index is 623. The van der Waals surface area contributed by atoms with Crippen molar-refractivity contribution in [3.8, 4) is 0 Å². The SMILES string of the molecule is CC(C)c1ccc(NC(=O)c2ccc(I)c(Cl)c2)cc1. The van der Waals surface area contributed by atoms with Crippen LogP contribution in [0.25, 0.3) is 0 Å². The molecule has 1 N–H and O–H groups in total. The number of halogens is 2. The van der Waals surface area contributed by atoms with Gasteiger partial charge < -0.3 is 5.32 Å². The fourth-order valence-corrected chi connectivity index (χ4v) is 2.31. The number of hydrogen-bond donors (Lipinski definition) is 1. The molecule has 1 amide bonds. The van der Waals surface area contributed by atoms with Crippen LogP contribution >= 0.6 is 34.2 Å². The van der Waals surface area contributed by atoms with Gasteiger partial charge in [0.05, 0.1) is 5.02 Å². The summed E-state index contributed by atoms with van der Waals surface area (Å²) in [5.41, 5.74) is 2.60. The predicted octanol–water partition coefficient (Wildman–Crippen LogP) is 5.32. The van der Waals surface area contributed by atoms with Gasteiger partial charge in [0.2, 0.25) is 0 Å². The molecule has 0 saturated heterocycles. The highest BCUT2D eigenvalue weighted by atomic mass is 127. The zero-order valence-electron chi connectivity index (χ0n) is 11.3. The van der Waals surface area contributed by atoms with Crippen LogP contribution in [0.3, 0.4) is 0 Å². The first kappa shape index (κ1) is 15.3. The summed E-state index contributed by atoms with van der Waals surface area (Å²) in [6, 6.07) is 13.2. The van der Waals surface area contributed by atoms with E-state index in [0.29, 0.717) is 16.5 Å². The van der Waals surface area contributed by atoms with E-state index in [-0.39, 0.29) is 5.91 Å². The normalized spacial score (nSPS) is 10.7. The Labute approximate surface area is 137 Å². The lowest BCUT2D eigenvalue weighted by Gasteiger charge is -2.09. The number of anilines is 1. The Hall–Kier alpha value is -1.07. The maximum absolute atomic E-state index is 12.1. The Morgan fingerprint density at radius 2 is 1.80 bits per heavy atom. The lowest BCUT2D eigenvalue weighted by atomic mass is 10.0. The maximum Gasteiger partial charge on any atom is 0.255 e. The van der Waals surface area contributed by atoms with Crippen LogP contribution in [0, 0.1) is 3.57 Å². The van der Waals surface area contributed by atoms with Crippen molar-refractivity contribution in [1.82, 2.24) is 0 Å². The quantitative estimate of drug-likeness (QED) is 0.695.